The van der Waals surface area contributed by atoms with Gasteiger partial charge in [0, 0.05) is 38.6 Å². The topological polar surface area (TPSA) is 52.7 Å². The minimum Gasteiger partial charge on any atom is -0.352 e. The number of carbonyl (C=O) groups is 2. The molecule has 5 nitrogen and oxygen atoms in total. The first-order chi connectivity index (χ1) is 11.8. The SMILES string of the molecule is CCC(=O)N1CCCN(CC(=O)NC2CCCC(C(F)(F)F)C2)CC1. The fraction of sp³-hybridized carbons (Fsp3) is 0.882. The third kappa shape index (κ3) is 6.17. The zero-order valence-electron chi connectivity index (χ0n) is 14.8. The van der Waals surface area contributed by atoms with Gasteiger partial charge in [-0.2, -0.15) is 13.2 Å². The molecule has 0 aromatic carbocycles. The van der Waals surface area contributed by atoms with Gasteiger partial charge >= 0.3 is 6.18 Å². The van der Waals surface area contributed by atoms with E-state index in [-0.39, 0.29) is 31.2 Å². The molecular weight excluding hydrogens is 335 g/mol. The summed E-state index contributed by atoms with van der Waals surface area (Å²) in [5.74, 6) is -1.41. The molecule has 144 valence electrons. The van der Waals surface area contributed by atoms with Crippen molar-refractivity contribution in [1.82, 2.24) is 15.1 Å². The van der Waals surface area contributed by atoms with E-state index in [4.69, 9.17) is 0 Å². The average molecular weight is 363 g/mol. The van der Waals surface area contributed by atoms with Crippen LogP contribution in [0.15, 0.2) is 0 Å². The molecule has 0 spiro atoms. The Morgan fingerprint density at radius 1 is 1.08 bits per heavy atom. The standard InChI is InChI=1S/C17H28F3N3O2/c1-2-16(25)23-8-4-7-22(9-10-23)12-15(24)21-14-6-3-5-13(11-14)17(18,19)20/h13-14H,2-12H2,1H3,(H,21,24). The Morgan fingerprint density at radius 3 is 2.52 bits per heavy atom. The lowest BCUT2D eigenvalue weighted by atomic mass is 9.85. The van der Waals surface area contributed by atoms with Crippen LogP contribution in [0.1, 0.15) is 45.4 Å². The zero-order chi connectivity index (χ0) is 18.4. The second kappa shape index (κ2) is 8.87. The van der Waals surface area contributed by atoms with E-state index >= 15 is 0 Å². The lowest BCUT2D eigenvalue weighted by Gasteiger charge is -2.31. The third-order valence-corrected chi connectivity index (χ3v) is 5.11. The van der Waals surface area contributed by atoms with Gasteiger partial charge in [-0.15, -0.1) is 0 Å². The smallest absolute Gasteiger partial charge is 0.352 e. The molecule has 2 fully saturated rings. The molecule has 1 heterocycles. The Hall–Kier alpha value is -1.31. The second-order valence-corrected chi connectivity index (χ2v) is 7.03. The molecule has 8 heteroatoms. The van der Waals surface area contributed by atoms with Gasteiger partial charge in [0.15, 0.2) is 0 Å². The predicted octanol–water partition coefficient (Wildman–Crippen LogP) is 2.17. The monoisotopic (exact) mass is 363 g/mol. The maximum absolute atomic E-state index is 12.8. The highest BCUT2D eigenvalue weighted by Crippen LogP contribution is 2.37. The van der Waals surface area contributed by atoms with E-state index in [2.05, 4.69) is 5.32 Å². The maximum atomic E-state index is 12.8. The van der Waals surface area contributed by atoms with Crippen molar-refractivity contribution in [2.45, 2.75) is 57.7 Å². The first kappa shape index (κ1) is 20.0. The Bertz CT molecular complexity index is 471. The molecule has 2 aliphatic rings. The van der Waals surface area contributed by atoms with Crippen molar-refractivity contribution in [3.63, 3.8) is 0 Å². The Kier molecular flexibility index (Phi) is 7.10. The van der Waals surface area contributed by atoms with Crippen LogP contribution in [-0.2, 0) is 9.59 Å². The largest absolute Gasteiger partial charge is 0.391 e. The van der Waals surface area contributed by atoms with E-state index in [1.54, 1.807) is 0 Å². The van der Waals surface area contributed by atoms with E-state index in [9.17, 15) is 22.8 Å². The molecule has 1 saturated heterocycles. The van der Waals surface area contributed by atoms with Crippen molar-refractivity contribution in [3.05, 3.63) is 0 Å². The van der Waals surface area contributed by atoms with Gasteiger partial charge in [-0.25, -0.2) is 0 Å². The summed E-state index contributed by atoms with van der Waals surface area (Å²) in [7, 11) is 0. The third-order valence-electron chi connectivity index (χ3n) is 5.11. The van der Waals surface area contributed by atoms with Crippen LogP contribution in [0.2, 0.25) is 0 Å². The molecule has 0 radical (unpaired) electrons. The zero-order valence-corrected chi connectivity index (χ0v) is 14.8. The van der Waals surface area contributed by atoms with Crippen molar-refractivity contribution in [3.8, 4) is 0 Å². The van der Waals surface area contributed by atoms with Crippen molar-refractivity contribution in [1.29, 1.82) is 0 Å². The first-order valence-electron chi connectivity index (χ1n) is 9.15. The molecule has 0 bridgehead atoms. The quantitative estimate of drug-likeness (QED) is 0.833. The van der Waals surface area contributed by atoms with Crippen molar-refractivity contribution in [2.75, 3.05) is 32.7 Å². The molecule has 0 aromatic rings. The van der Waals surface area contributed by atoms with Crippen LogP contribution in [0.3, 0.4) is 0 Å². The van der Waals surface area contributed by atoms with Gasteiger partial charge in [0.25, 0.3) is 0 Å². The van der Waals surface area contributed by atoms with Crippen LogP contribution in [0, 0.1) is 5.92 Å². The molecule has 1 saturated carbocycles. The molecule has 0 aromatic heterocycles. The summed E-state index contributed by atoms with van der Waals surface area (Å²) < 4.78 is 38.5. The van der Waals surface area contributed by atoms with Crippen LogP contribution < -0.4 is 5.32 Å². The minimum absolute atomic E-state index is 0.0198. The van der Waals surface area contributed by atoms with E-state index in [0.717, 1.165) is 13.0 Å². The van der Waals surface area contributed by atoms with Gasteiger partial charge in [0.1, 0.15) is 0 Å². The predicted molar refractivity (Wildman–Crippen MR) is 87.9 cm³/mol. The van der Waals surface area contributed by atoms with Gasteiger partial charge in [0.2, 0.25) is 11.8 Å². The summed E-state index contributed by atoms with van der Waals surface area (Å²) in [6.07, 6.45) is -1.66. The molecule has 1 N–H and O–H groups in total. The molecule has 2 rings (SSSR count). The van der Waals surface area contributed by atoms with Gasteiger partial charge in [0.05, 0.1) is 12.5 Å². The number of rotatable bonds is 4. The number of amides is 2. The van der Waals surface area contributed by atoms with Crippen molar-refractivity contribution in [2.24, 2.45) is 5.92 Å². The van der Waals surface area contributed by atoms with Gasteiger partial charge in [-0.05, 0) is 25.7 Å². The van der Waals surface area contributed by atoms with Crippen LogP contribution in [0.4, 0.5) is 13.2 Å². The normalized spacial score (nSPS) is 26.2. The molecule has 25 heavy (non-hydrogen) atoms. The second-order valence-electron chi connectivity index (χ2n) is 7.03. The number of hydrogen-bond acceptors (Lipinski definition) is 3. The average Bonchev–Trinajstić information content (AvgIpc) is 2.79. The van der Waals surface area contributed by atoms with Gasteiger partial charge in [-0.1, -0.05) is 13.3 Å². The Labute approximate surface area is 146 Å². The fourth-order valence-corrected chi connectivity index (χ4v) is 3.70. The van der Waals surface area contributed by atoms with E-state index in [0.29, 0.717) is 38.9 Å². The first-order valence-corrected chi connectivity index (χ1v) is 9.15. The van der Waals surface area contributed by atoms with Crippen LogP contribution in [-0.4, -0.2) is 66.6 Å². The number of nitrogens with one attached hydrogen (secondary N) is 1. The summed E-state index contributed by atoms with van der Waals surface area (Å²) in [5.41, 5.74) is 0. The van der Waals surface area contributed by atoms with E-state index < -0.39 is 18.1 Å². The summed E-state index contributed by atoms with van der Waals surface area (Å²) >= 11 is 0. The Morgan fingerprint density at radius 2 is 1.84 bits per heavy atom. The highest BCUT2D eigenvalue weighted by Gasteiger charge is 2.42. The number of nitrogens with zero attached hydrogens (tertiary/aromatic N) is 2. The van der Waals surface area contributed by atoms with Crippen molar-refractivity contribution >= 4 is 11.8 Å². The molecule has 1 aliphatic carbocycles. The van der Waals surface area contributed by atoms with Crippen molar-refractivity contribution < 1.29 is 22.8 Å². The number of hydrogen-bond donors (Lipinski definition) is 1. The number of carbonyl (C=O) groups excluding carboxylic acids is 2. The van der Waals surface area contributed by atoms with Gasteiger partial charge < -0.3 is 10.2 Å². The fourth-order valence-electron chi connectivity index (χ4n) is 3.70. The van der Waals surface area contributed by atoms with E-state index in [1.165, 1.54) is 0 Å². The highest BCUT2D eigenvalue weighted by atomic mass is 19.4. The molecule has 2 unspecified atom stereocenters. The number of alkyl halides is 3. The van der Waals surface area contributed by atoms with Crippen LogP contribution in [0.25, 0.3) is 0 Å². The minimum atomic E-state index is -4.18. The van der Waals surface area contributed by atoms with Crippen LogP contribution in [0.5, 0.6) is 0 Å². The lowest BCUT2D eigenvalue weighted by molar-refractivity contribution is -0.184. The van der Waals surface area contributed by atoms with Crippen LogP contribution >= 0.6 is 0 Å². The number of halogens is 3. The summed E-state index contributed by atoms with van der Waals surface area (Å²) in [6, 6.07) is -0.391. The molecular formula is C17H28F3N3O2. The van der Waals surface area contributed by atoms with Gasteiger partial charge in [-0.3, -0.25) is 14.5 Å². The lowest BCUT2D eigenvalue weighted by Crippen LogP contribution is -2.46. The Balaban J connectivity index is 1.77. The molecule has 2 atom stereocenters. The van der Waals surface area contributed by atoms with E-state index in [1.807, 2.05) is 16.7 Å². The summed E-state index contributed by atoms with van der Waals surface area (Å²) in [4.78, 5) is 27.8. The molecule has 1 aliphatic heterocycles. The summed E-state index contributed by atoms with van der Waals surface area (Å²) in [6.45, 7) is 4.64. The highest BCUT2D eigenvalue weighted by molar-refractivity contribution is 5.78. The maximum Gasteiger partial charge on any atom is 0.391 e. The summed E-state index contributed by atoms with van der Waals surface area (Å²) in [5, 5.41) is 2.77. The molecule has 2 amide bonds.